The molecule has 0 saturated heterocycles. The van der Waals surface area contributed by atoms with Crippen LogP contribution in [0.1, 0.15) is 32.4 Å². The lowest BCUT2D eigenvalue weighted by atomic mass is 10.1. The van der Waals surface area contributed by atoms with Gasteiger partial charge in [0.05, 0.1) is 18.8 Å². The number of halogens is 1. The SMILES string of the molecule is CC(C)COCC(C)NC(=O)NCC(O)c1ccc(F)cc1. The van der Waals surface area contributed by atoms with Crippen LogP contribution in [-0.2, 0) is 4.74 Å². The highest BCUT2D eigenvalue weighted by molar-refractivity contribution is 5.74. The molecule has 0 radical (unpaired) electrons. The van der Waals surface area contributed by atoms with Crippen molar-refractivity contribution in [2.75, 3.05) is 19.8 Å². The van der Waals surface area contributed by atoms with Crippen LogP contribution in [0.3, 0.4) is 0 Å². The maximum atomic E-state index is 12.8. The van der Waals surface area contributed by atoms with Crippen molar-refractivity contribution in [2.45, 2.75) is 32.9 Å². The molecule has 124 valence electrons. The first-order valence-corrected chi connectivity index (χ1v) is 7.44. The van der Waals surface area contributed by atoms with Gasteiger partial charge in [0.15, 0.2) is 0 Å². The Kier molecular flexibility index (Phi) is 7.84. The minimum absolute atomic E-state index is 0.0526. The molecule has 0 aliphatic heterocycles. The molecular formula is C16H25FN2O3. The van der Waals surface area contributed by atoms with E-state index in [4.69, 9.17) is 4.74 Å². The van der Waals surface area contributed by atoms with Gasteiger partial charge in [-0.1, -0.05) is 26.0 Å². The average molecular weight is 312 g/mol. The minimum atomic E-state index is -0.876. The fourth-order valence-electron chi connectivity index (χ4n) is 1.79. The summed E-state index contributed by atoms with van der Waals surface area (Å²) < 4.78 is 18.2. The second kappa shape index (κ2) is 9.38. The van der Waals surface area contributed by atoms with Gasteiger partial charge in [0.25, 0.3) is 0 Å². The van der Waals surface area contributed by atoms with Crippen LogP contribution in [-0.4, -0.2) is 36.9 Å². The molecule has 1 aromatic carbocycles. The van der Waals surface area contributed by atoms with Gasteiger partial charge in [-0.2, -0.15) is 0 Å². The third kappa shape index (κ3) is 7.38. The summed E-state index contributed by atoms with van der Waals surface area (Å²) in [5.41, 5.74) is 0.551. The first-order chi connectivity index (χ1) is 10.4. The molecule has 0 aliphatic rings. The number of rotatable bonds is 8. The van der Waals surface area contributed by atoms with Crippen molar-refractivity contribution in [2.24, 2.45) is 5.92 Å². The van der Waals surface area contributed by atoms with Crippen molar-refractivity contribution >= 4 is 6.03 Å². The third-order valence-corrected chi connectivity index (χ3v) is 2.91. The molecule has 0 fully saturated rings. The lowest BCUT2D eigenvalue weighted by Crippen LogP contribution is -2.44. The van der Waals surface area contributed by atoms with Gasteiger partial charge in [0.1, 0.15) is 5.82 Å². The zero-order valence-electron chi connectivity index (χ0n) is 13.3. The third-order valence-electron chi connectivity index (χ3n) is 2.91. The predicted molar refractivity (Wildman–Crippen MR) is 83.0 cm³/mol. The molecule has 3 N–H and O–H groups in total. The molecule has 0 saturated carbocycles. The maximum Gasteiger partial charge on any atom is 0.315 e. The van der Waals surface area contributed by atoms with E-state index in [1.807, 2.05) is 6.92 Å². The number of hydrogen-bond donors (Lipinski definition) is 3. The summed E-state index contributed by atoms with van der Waals surface area (Å²) in [5.74, 6) is 0.0868. The van der Waals surface area contributed by atoms with Crippen LogP contribution in [0.4, 0.5) is 9.18 Å². The molecule has 2 unspecified atom stereocenters. The Bertz CT molecular complexity index is 451. The Morgan fingerprint density at radius 3 is 2.45 bits per heavy atom. The van der Waals surface area contributed by atoms with Gasteiger partial charge in [-0.15, -0.1) is 0 Å². The smallest absolute Gasteiger partial charge is 0.315 e. The van der Waals surface area contributed by atoms with Crippen molar-refractivity contribution in [1.29, 1.82) is 0 Å². The molecule has 6 heteroatoms. The van der Waals surface area contributed by atoms with E-state index in [-0.39, 0.29) is 24.4 Å². The van der Waals surface area contributed by atoms with E-state index in [0.29, 0.717) is 24.7 Å². The summed E-state index contributed by atoms with van der Waals surface area (Å²) in [6.07, 6.45) is -0.876. The van der Waals surface area contributed by atoms with Crippen molar-refractivity contribution in [3.63, 3.8) is 0 Å². The largest absolute Gasteiger partial charge is 0.387 e. The van der Waals surface area contributed by atoms with Crippen molar-refractivity contribution in [3.8, 4) is 0 Å². The Labute approximate surface area is 130 Å². The van der Waals surface area contributed by atoms with Crippen LogP contribution in [0.25, 0.3) is 0 Å². The van der Waals surface area contributed by atoms with E-state index in [1.165, 1.54) is 24.3 Å². The quantitative estimate of drug-likeness (QED) is 0.689. The number of aliphatic hydroxyl groups excluding tert-OH is 1. The van der Waals surface area contributed by atoms with E-state index < -0.39 is 6.10 Å². The van der Waals surface area contributed by atoms with Crippen LogP contribution in [0.2, 0.25) is 0 Å². The van der Waals surface area contributed by atoms with Crippen molar-refractivity contribution in [1.82, 2.24) is 10.6 Å². The molecule has 2 amide bonds. The first kappa shape index (κ1) is 18.4. The summed E-state index contributed by atoms with van der Waals surface area (Å²) in [7, 11) is 0. The Balaban J connectivity index is 2.25. The number of carbonyl (C=O) groups is 1. The second-order valence-corrected chi connectivity index (χ2v) is 5.75. The molecule has 0 aliphatic carbocycles. The number of aliphatic hydroxyl groups is 1. The van der Waals surface area contributed by atoms with E-state index in [9.17, 15) is 14.3 Å². The van der Waals surface area contributed by atoms with Gasteiger partial charge >= 0.3 is 6.03 Å². The fourth-order valence-corrected chi connectivity index (χ4v) is 1.79. The molecular weight excluding hydrogens is 287 g/mol. The van der Waals surface area contributed by atoms with Crippen LogP contribution >= 0.6 is 0 Å². The zero-order valence-corrected chi connectivity index (χ0v) is 13.3. The minimum Gasteiger partial charge on any atom is -0.387 e. The number of benzene rings is 1. The lowest BCUT2D eigenvalue weighted by Gasteiger charge is -2.17. The van der Waals surface area contributed by atoms with Crippen LogP contribution in [0, 0.1) is 11.7 Å². The fraction of sp³-hybridized carbons (Fsp3) is 0.562. The highest BCUT2D eigenvalue weighted by Gasteiger charge is 2.11. The summed E-state index contributed by atoms with van der Waals surface area (Å²) >= 11 is 0. The Hall–Kier alpha value is -1.66. The highest BCUT2D eigenvalue weighted by atomic mass is 19.1. The maximum absolute atomic E-state index is 12.8. The Morgan fingerprint density at radius 2 is 1.86 bits per heavy atom. The van der Waals surface area contributed by atoms with Gasteiger partial charge in [0.2, 0.25) is 0 Å². The number of hydrogen-bond acceptors (Lipinski definition) is 3. The van der Waals surface area contributed by atoms with Gasteiger partial charge in [0, 0.05) is 13.2 Å². The molecule has 0 aromatic heterocycles. The number of carbonyl (C=O) groups excluding carboxylic acids is 1. The molecule has 0 bridgehead atoms. The average Bonchev–Trinajstić information content (AvgIpc) is 2.45. The van der Waals surface area contributed by atoms with Crippen LogP contribution < -0.4 is 10.6 Å². The molecule has 22 heavy (non-hydrogen) atoms. The van der Waals surface area contributed by atoms with E-state index in [2.05, 4.69) is 24.5 Å². The second-order valence-electron chi connectivity index (χ2n) is 5.75. The summed E-state index contributed by atoms with van der Waals surface area (Å²) in [5, 5.41) is 15.2. The molecule has 0 heterocycles. The highest BCUT2D eigenvalue weighted by Crippen LogP contribution is 2.12. The zero-order chi connectivity index (χ0) is 16.5. The monoisotopic (exact) mass is 312 g/mol. The number of amides is 2. The standard InChI is InChI=1S/C16H25FN2O3/c1-11(2)9-22-10-12(3)19-16(21)18-8-15(20)13-4-6-14(17)7-5-13/h4-7,11-12,15,20H,8-10H2,1-3H3,(H2,18,19,21). The van der Waals surface area contributed by atoms with E-state index >= 15 is 0 Å². The van der Waals surface area contributed by atoms with Gasteiger partial charge < -0.3 is 20.5 Å². The first-order valence-electron chi connectivity index (χ1n) is 7.44. The molecule has 1 aromatic rings. The topological polar surface area (TPSA) is 70.6 Å². The van der Waals surface area contributed by atoms with E-state index in [1.54, 1.807) is 0 Å². The summed E-state index contributed by atoms with van der Waals surface area (Å²) in [6.45, 7) is 7.10. The van der Waals surface area contributed by atoms with Crippen molar-refractivity contribution in [3.05, 3.63) is 35.6 Å². The summed E-state index contributed by atoms with van der Waals surface area (Å²) in [6, 6.07) is 5.02. The molecule has 5 nitrogen and oxygen atoms in total. The normalized spacial score (nSPS) is 13.7. The molecule has 0 spiro atoms. The lowest BCUT2D eigenvalue weighted by molar-refractivity contribution is 0.0951. The molecule has 1 rings (SSSR count). The Morgan fingerprint density at radius 1 is 1.23 bits per heavy atom. The van der Waals surface area contributed by atoms with Gasteiger partial charge in [-0.25, -0.2) is 9.18 Å². The molecule has 2 atom stereocenters. The van der Waals surface area contributed by atoms with Gasteiger partial charge in [-0.05, 0) is 30.5 Å². The summed E-state index contributed by atoms with van der Waals surface area (Å²) in [4.78, 5) is 11.7. The van der Waals surface area contributed by atoms with Crippen LogP contribution in [0.15, 0.2) is 24.3 Å². The number of urea groups is 1. The van der Waals surface area contributed by atoms with Crippen LogP contribution in [0.5, 0.6) is 0 Å². The predicted octanol–water partition coefficient (Wildman–Crippen LogP) is 2.22. The van der Waals surface area contributed by atoms with Crippen molar-refractivity contribution < 1.29 is 19.0 Å². The van der Waals surface area contributed by atoms with E-state index in [0.717, 1.165) is 0 Å². The number of nitrogens with one attached hydrogen (secondary N) is 2. The number of ether oxygens (including phenoxy) is 1. The van der Waals surface area contributed by atoms with Gasteiger partial charge in [-0.3, -0.25) is 0 Å².